The van der Waals surface area contributed by atoms with Crippen LogP contribution in [0.25, 0.3) is 0 Å². The average Bonchev–Trinajstić information content (AvgIpc) is 2.48. The van der Waals surface area contributed by atoms with E-state index in [-0.39, 0.29) is 0 Å². The van der Waals surface area contributed by atoms with Crippen molar-refractivity contribution in [2.45, 2.75) is 25.7 Å². The molecule has 0 aromatic heterocycles. The maximum Gasteiger partial charge on any atom is 0.00899 e. The van der Waals surface area contributed by atoms with Crippen LogP contribution in [-0.4, -0.2) is 0 Å². The van der Waals surface area contributed by atoms with Gasteiger partial charge in [0.2, 0.25) is 0 Å². The van der Waals surface area contributed by atoms with E-state index >= 15 is 0 Å². The molecule has 0 radical (unpaired) electrons. The summed E-state index contributed by atoms with van der Waals surface area (Å²) in [5.74, 6) is 1.28. The number of allylic oxidation sites excluding steroid dienone is 12. The molecule has 2 atom stereocenters. The summed E-state index contributed by atoms with van der Waals surface area (Å²) in [6, 6.07) is 0. The summed E-state index contributed by atoms with van der Waals surface area (Å²) in [6.07, 6.45) is 23.6. The lowest BCUT2D eigenvalue weighted by atomic mass is 9.66. The van der Waals surface area contributed by atoms with Crippen molar-refractivity contribution in [2.75, 3.05) is 0 Å². The summed E-state index contributed by atoms with van der Waals surface area (Å²) in [4.78, 5) is 0. The average molecular weight is 234 g/mol. The highest BCUT2D eigenvalue weighted by molar-refractivity contribution is 5.60. The van der Waals surface area contributed by atoms with E-state index in [1.54, 1.807) is 11.1 Å². The van der Waals surface area contributed by atoms with E-state index < -0.39 is 0 Å². The Morgan fingerprint density at radius 2 is 1.22 bits per heavy atom. The van der Waals surface area contributed by atoms with Gasteiger partial charge in [-0.1, -0.05) is 59.8 Å². The zero-order valence-electron chi connectivity index (χ0n) is 10.6. The Labute approximate surface area is 109 Å². The van der Waals surface area contributed by atoms with Gasteiger partial charge in [-0.05, 0) is 36.8 Å². The molecule has 4 aliphatic rings. The quantitative estimate of drug-likeness (QED) is 0.572. The molecular formula is C18H18. The van der Waals surface area contributed by atoms with Gasteiger partial charge in [-0.25, -0.2) is 0 Å². The van der Waals surface area contributed by atoms with Gasteiger partial charge < -0.3 is 0 Å². The van der Waals surface area contributed by atoms with Crippen molar-refractivity contribution >= 4 is 0 Å². The Morgan fingerprint density at radius 1 is 0.722 bits per heavy atom. The van der Waals surface area contributed by atoms with Gasteiger partial charge in [0.15, 0.2) is 0 Å². The third kappa shape index (κ3) is 1.38. The molecule has 0 aliphatic heterocycles. The van der Waals surface area contributed by atoms with Crippen LogP contribution in [0.3, 0.4) is 0 Å². The second kappa shape index (κ2) is 3.98. The first-order valence-corrected chi connectivity index (χ1v) is 7.09. The molecule has 0 bridgehead atoms. The minimum Gasteiger partial charge on any atom is -0.0836 e. The molecule has 18 heavy (non-hydrogen) atoms. The minimum atomic E-state index is 0.639. The fraction of sp³-hybridized carbons (Fsp3) is 0.333. The maximum absolute atomic E-state index is 2.42. The van der Waals surface area contributed by atoms with E-state index in [1.165, 1.54) is 36.8 Å². The second-order valence-electron chi connectivity index (χ2n) is 5.58. The fourth-order valence-electron chi connectivity index (χ4n) is 3.85. The number of fused-ring (bicyclic) bond motifs is 4. The lowest BCUT2D eigenvalue weighted by molar-refractivity contribution is 0.538. The van der Waals surface area contributed by atoms with Gasteiger partial charge >= 0.3 is 0 Å². The number of hydrogen-bond acceptors (Lipinski definition) is 0. The smallest absolute Gasteiger partial charge is 0.00899 e. The van der Waals surface area contributed by atoms with Crippen molar-refractivity contribution in [1.29, 1.82) is 0 Å². The first-order valence-electron chi connectivity index (χ1n) is 7.09. The summed E-state index contributed by atoms with van der Waals surface area (Å²) in [7, 11) is 0. The second-order valence-corrected chi connectivity index (χ2v) is 5.58. The molecular weight excluding hydrogens is 216 g/mol. The number of rotatable bonds is 0. The van der Waals surface area contributed by atoms with Crippen LogP contribution in [0.4, 0.5) is 0 Å². The van der Waals surface area contributed by atoms with E-state index in [4.69, 9.17) is 0 Å². The normalized spacial score (nSPS) is 32.4. The highest BCUT2D eigenvalue weighted by Crippen LogP contribution is 2.48. The topological polar surface area (TPSA) is 0 Å². The standard InChI is InChI=1S/C18H18/c1-2-8-14-13(7-1)15-9-3-4-11-17(15)18-12-6-5-10-16(14)18/h1-2,4,6-8,11-14H,3,5,9-10H2. The van der Waals surface area contributed by atoms with E-state index in [0.29, 0.717) is 11.8 Å². The molecule has 4 aliphatic carbocycles. The zero-order chi connectivity index (χ0) is 11.9. The van der Waals surface area contributed by atoms with Gasteiger partial charge in [0.1, 0.15) is 0 Å². The first-order chi connectivity index (χ1) is 8.95. The Morgan fingerprint density at radius 3 is 1.72 bits per heavy atom. The van der Waals surface area contributed by atoms with E-state index in [2.05, 4.69) is 48.6 Å². The third-order valence-corrected chi connectivity index (χ3v) is 4.65. The first kappa shape index (κ1) is 10.4. The molecule has 0 saturated carbocycles. The van der Waals surface area contributed by atoms with Crippen molar-refractivity contribution in [3.63, 3.8) is 0 Å². The highest BCUT2D eigenvalue weighted by atomic mass is 14.4. The monoisotopic (exact) mass is 234 g/mol. The van der Waals surface area contributed by atoms with Gasteiger partial charge in [-0.3, -0.25) is 0 Å². The Kier molecular flexibility index (Phi) is 2.29. The van der Waals surface area contributed by atoms with Crippen LogP contribution in [0.2, 0.25) is 0 Å². The number of hydrogen-bond donors (Lipinski definition) is 0. The molecule has 0 amide bonds. The van der Waals surface area contributed by atoms with Crippen molar-refractivity contribution in [1.82, 2.24) is 0 Å². The fourth-order valence-corrected chi connectivity index (χ4v) is 3.85. The Bertz CT molecular complexity index is 509. The van der Waals surface area contributed by atoms with Crippen LogP contribution in [0.15, 0.2) is 70.9 Å². The lowest BCUT2D eigenvalue weighted by Crippen LogP contribution is -2.26. The van der Waals surface area contributed by atoms with Crippen LogP contribution >= 0.6 is 0 Å². The van der Waals surface area contributed by atoms with Crippen molar-refractivity contribution < 1.29 is 0 Å². The van der Waals surface area contributed by atoms with Crippen LogP contribution in [0.5, 0.6) is 0 Å². The lowest BCUT2D eigenvalue weighted by Gasteiger charge is -2.38. The molecule has 0 N–H and O–H groups in total. The van der Waals surface area contributed by atoms with Gasteiger partial charge in [-0.15, -0.1) is 0 Å². The maximum atomic E-state index is 2.42. The Hall–Kier alpha value is -1.56. The Balaban J connectivity index is 1.93. The van der Waals surface area contributed by atoms with E-state index in [0.717, 1.165) is 0 Å². The van der Waals surface area contributed by atoms with Crippen molar-refractivity contribution in [2.24, 2.45) is 11.8 Å². The predicted molar refractivity (Wildman–Crippen MR) is 76.1 cm³/mol. The van der Waals surface area contributed by atoms with E-state index in [1.807, 2.05) is 0 Å². The molecule has 0 aromatic carbocycles. The summed E-state index contributed by atoms with van der Waals surface area (Å²) in [5, 5.41) is 0. The van der Waals surface area contributed by atoms with Crippen molar-refractivity contribution in [3.05, 3.63) is 70.9 Å². The van der Waals surface area contributed by atoms with Gasteiger partial charge in [0, 0.05) is 11.8 Å². The molecule has 0 fully saturated rings. The third-order valence-electron chi connectivity index (χ3n) is 4.65. The molecule has 0 nitrogen and oxygen atoms in total. The van der Waals surface area contributed by atoms with Gasteiger partial charge in [0.05, 0.1) is 0 Å². The molecule has 90 valence electrons. The zero-order valence-corrected chi connectivity index (χ0v) is 10.6. The molecule has 4 rings (SSSR count). The summed E-state index contributed by atoms with van der Waals surface area (Å²) in [6.45, 7) is 0. The summed E-state index contributed by atoms with van der Waals surface area (Å²) < 4.78 is 0. The van der Waals surface area contributed by atoms with Gasteiger partial charge in [0.25, 0.3) is 0 Å². The van der Waals surface area contributed by atoms with Crippen molar-refractivity contribution in [3.8, 4) is 0 Å². The van der Waals surface area contributed by atoms with Crippen LogP contribution in [0.1, 0.15) is 25.7 Å². The largest absolute Gasteiger partial charge is 0.0836 e. The molecule has 0 heteroatoms. The van der Waals surface area contributed by atoms with Crippen LogP contribution in [0, 0.1) is 11.8 Å². The molecule has 0 heterocycles. The predicted octanol–water partition coefficient (Wildman–Crippen LogP) is 4.65. The highest BCUT2D eigenvalue weighted by Gasteiger charge is 2.34. The molecule has 0 saturated heterocycles. The van der Waals surface area contributed by atoms with Crippen LogP contribution in [-0.2, 0) is 0 Å². The SMILES string of the molecule is C1=CC2C3=C(C=CCC3)C3=C(CCC=C3)C2C=C1. The van der Waals surface area contributed by atoms with Crippen LogP contribution < -0.4 is 0 Å². The molecule has 2 unspecified atom stereocenters. The van der Waals surface area contributed by atoms with Gasteiger partial charge in [-0.2, -0.15) is 0 Å². The summed E-state index contributed by atoms with van der Waals surface area (Å²) in [5.41, 5.74) is 6.42. The molecule has 0 spiro atoms. The minimum absolute atomic E-state index is 0.639. The van der Waals surface area contributed by atoms with E-state index in [9.17, 15) is 0 Å². The summed E-state index contributed by atoms with van der Waals surface area (Å²) >= 11 is 0. The molecule has 0 aromatic rings.